The molecule has 0 fully saturated rings. The monoisotopic (exact) mass is 333 g/mol. The van der Waals surface area contributed by atoms with Crippen molar-refractivity contribution in [3.05, 3.63) is 40.4 Å². The molecule has 0 saturated heterocycles. The Balaban J connectivity index is 2.37. The summed E-state index contributed by atoms with van der Waals surface area (Å²) in [7, 11) is -3.73. The van der Waals surface area contributed by atoms with Gasteiger partial charge in [-0.3, -0.25) is 9.82 Å². The van der Waals surface area contributed by atoms with Crippen LogP contribution >= 0.6 is 15.9 Å². The van der Waals surface area contributed by atoms with Crippen molar-refractivity contribution < 1.29 is 12.8 Å². The van der Waals surface area contributed by atoms with Gasteiger partial charge in [0.1, 0.15) is 10.7 Å². The van der Waals surface area contributed by atoms with Crippen molar-refractivity contribution in [2.75, 3.05) is 4.72 Å². The number of anilines is 1. The maximum absolute atomic E-state index is 12.9. The first-order chi connectivity index (χ1) is 8.40. The highest BCUT2D eigenvalue weighted by atomic mass is 79.9. The molecule has 96 valence electrons. The fraction of sp³-hybridized carbons (Fsp3) is 0.100. The predicted molar refractivity (Wildman–Crippen MR) is 68.2 cm³/mol. The summed E-state index contributed by atoms with van der Waals surface area (Å²) in [4.78, 5) is 0.0544. The highest BCUT2D eigenvalue weighted by Gasteiger charge is 2.19. The highest BCUT2D eigenvalue weighted by molar-refractivity contribution is 9.10. The number of aromatic amines is 1. The summed E-state index contributed by atoms with van der Waals surface area (Å²) >= 11 is 3.09. The second-order valence-electron chi connectivity index (χ2n) is 3.59. The molecule has 0 bridgehead atoms. The fourth-order valence-corrected chi connectivity index (χ4v) is 3.18. The molecule has 0 saturated carbocycles. The Morgan fingerprint density at radius 2 is 2.17 bits per heavy atom. The molecule has 0 aliphatic heterocycles. The van der Waals surface area contributed by atoms with Crippen LogP contribution in [0.3, 0.4) is 0 Å². The lowest BCUT2D eigenvalue weighted by Gasteiger charge is -2.08. The van der Waals surface area contributed by atoms with Crippen molar-refractivity contribution in [3.8, 4) is 0 Å². The first-order valence-corrected chi connectivity index (χ1v) is 7.15. The Bertz CT molecular complexity index is 684. The van der Waals surface area contributed by atoms with E-state index in [1.807, 2.05) is 0 Å². The first-order valence-electron chi connectivity index (χ1n) is 4.88. The lowest BCUT2D eigenvalue weighted by atomic mass is 10.3. The van der Waals surface area contributed by atoms with Crippen molar-refractivity contribution in [3.63, 3.8) is 0 Å². The van der Waals surface area contributed by atoms with Gasteiger partial charge in [-0.05, 0) is 41.1 Å². The third kappa shape index (κ3) is 2.54. The lowest BCUT2D eigenvalue weighted by Crippen LogP contribution is -2.13. The molecule has 5 nitrogen and oxygen atoms in total. The van der Waals surface area contributed by atoms with Gasteiger partial charge in [0.15, 0.2) is 0 Å². The Labute approximate surface area is 112 Å². The van der Waals surface area contributed by atoms with Crippen LogP contribution in [-0.4, -0.2) is 18.6 Å². The van der Waals surface area contributed by atoms with Gasteiger partial charge >= 0.3 is 0 Å². The summed E-state index contributed by atoms with van der Waals surface area (Å²) in [5, 5.41) is 6.19. The minimum Gasteiger partial charge on any atom is -0.281 e. The summed E-state index contributed by atoms with van der Waals surface area (Å²) in [6.07, 6.45) is 1.22. The van der Waals surface area contributed by atoms with Gasteiger partial charge in [0.25, 0.3) is 10.0 Å². The van der Waals surface area contributed by atoms with Gasteiger partial charge < -0.3 is 0 Å². The van der Waals surface area contributed by atoms with Crippen molar-refractivity contribution in [1.29, 1.82) is 0 Å². The van der Waals surface area contributed by atoms with Crippen LogP contribution in [0.2, 0.25) is 0 Å². The second kappa shape index (κ2) is 4.69. The number of halogens is 2. The topological polar surface area (TPSA) is 74.8 Å². The number of nitrogens with zero attached hydrogens (tertiary/aromatic N) is 1. The van der Waals surface area contributed by atoms with E-state index in [2.05, 4.69) is 30.8 Å². The summed E-state index contributed by atoms with van der Waals surface area (Å²) in [6, 6.07) is 3.69. The molecule has 0 atom stereocenters. The van der Waals surface area contributed by atoms with Gasteiger partial charge in [0.05, 0.1) is 17.6 Å². The van der Waals surface area contributed by atoms with Crippen LogP contribution in [0.15, 0.2) is 33.8 Å². The van der Waals surface area contributed by atoms with Crippen LogP contribution in [0.1, 0.15) is 5.69 Å². The number of hydrogen-bond donors (Lipinski definition) is 2. The van der Waals surface area contributed by atoms with Crippen LogP contribution in [0.5, 0.6) is 0 Å². The van der Waals surface area contributed by atoms with Crippen LogP contribution in [-0.2, 0) is 10.0 Å². The largest absolute Gasteiger partial charge is 0.281 e. The Morgan fingerprint density at radius 1 is 1.44 bits per heavy atom. The molecule has 0 aliphatic carbocycles. The van der Waals surface area contributed by atoms with E-state index in [0.29, 0.717) is 10.2 Å². The van der Waals surface area contributed by atoms with Crippen LogP contribution in [0, 0.1) is 12.7 Å². The number of hydrogen-bond acceptors (Lipinski definition) is 3. The second-order valence-corrected chi connectivity index (χ2v) is 6.09. The zero-order chi connectivity index (χ0) is 13.3. The molecular weight excluding hydrogens is 325 g/mol. The van der Waals surface area contributed by atoms with Gasteiger partial charge in [-0.15, -0.1) is 0 Å². The Hall–Kier alpha value is -1.41. The third-order valence-electron chi connectivity index (χ3n) is 2.25. The third-order valence-corrected chi connectivity index (χ3v) is 4.38. The SMILES string of the molecule is Cc1[nH]ncc1S(=O)(=O)Nc1ccc(F)cc1Br. The van der Waals surface area contributed by atoms with Gasteiger partial charge in [-0.1, -0.05) is 0 Å². The smallest absolute Gasteiger partial charge is 0.265 e. The first kappa shape index (κ1) is 13.0. The van der Waals surface area contributed by atoms with Gasteiger partial charge in [0, 0.05) is 4.47 Å². The van der Waals surface area contributed by atoms with Crippen LogP contribution in [0.4, 0.5) is 10.1 Å². The van der Waals surface area contributed by atoms with Crippen LogP contribution < -0.4 is 4.72 Å². The summed E-state index contributed by atoms with van der Waals surface area (Å²) in [5.41, 5.74) is 0.692. The van der Waals surface area contributed by atoms with Gasteiger partial charge in [0.2, 0.25) is 0 Å². The van der Waals surface area contributed by atoms with Gasteiger partial charge in [-0.2, -0.15) is 5.10 Å². The molecule has 0 unspecified atom stereocenters. The highest BCUT2D eigenvalue weighted by Crippen LogP contribution is 2.26. The molecule has 1 aromatic carbocycles. The molecule has 8 heteroatoms. The standard InChI is InChI=1S/C10H9BrFN3O2S/c1-6-10(5-13-14-6)18(16,17)15-9-3-2-7(12)4-8(9)11/h2-5,15H,1H3,(H,13,14). The van der Waals surface area contributed by atoms with E-state index in [1.54, 1.807) is 6.92 Å². The minimum absolute atomic E-state index is 0.0544. The zero-order valence-electron chi connectivity index (χ0n) is 9.24. The summed E-state index contributed by atoms with van der Waals surface area (Å²) < 4.78 is 39.6. The molecule has 0 amide bonds. The van der Waals surface area contributed by atoms with E-state index in [0.717, 1.165) is 0 Å². The van der Waals surface area contributed by atoms with Crippen molar-refractivity contribution >= 4 is 31.6 Å². The fourth-order valence-electron chi connectivity index (χ4n) is 1.38. The van der Waals surface area contributed by atoms with Gasteiger partial charge in [-0.25, -0.2) is 12.8 Å². The van der Waals surface area contributed by atoms with E-state index in [9.17, 15) is 12.8 Å². The average molecular weight is 334 g/mol. The molecule has 1 aromatic heterocycles. The van der Waals surface area contributed by atoms with Crippen molar-refractivity contribution in [2.24, 2.45) is 0 Å². The zero-order valence-corrected chi connectivity index (χ0v) is 11.6. The summed E-state index contributed by atoms with van der Waals surface area (Å²) in [6.45, 7) is 1.60. The van der Waals surface area contributed by atoms with Crippen LogP contribution in [0.25, 0.3) is 0 Å². The molecule has 18 heavy (non-hydrogen) atoms. The van der Waals surface area contributed by atoms with E-state index in [4.69, 9.17) is 0 Å². The molecule has 0 radical (unpaired) electrons. The quantitative estimate of drug-likeness (QED) is 0.905. The molecule has 2 rings (SSSR count). The van der Waals surface area contributed by atoms with Crippen molar-refractivity contribution in [1.82, 2.24) is 10.2 Å². The Morgan fingerprint density at radius 3 is 2.72 bits per heavy atom. The number of aryl methyl sites for hydroxylation is 1. The average Bonchev–Trinajstić information content (AvgIpc) is 2.69. The predicted octanol–water partition coefficient (Wildman–Crippen LogP) is 2.42. The lowest BCUT2D eigenvalue weighted by molar-refractivity contribution is 0.600. The summed E-state index contributed by atoms with van der Waals surface area (Å²) in [5.74, 6) is -0.454. The molecule has 0 spiro atoms. The maximum Gasteiger partial charge on any atom is 0.265 e. The number of benzene rings is 1. The molecule has 0 aliphatic rings. The number of sulfonamides is 1. The number of aromatic nitrogens is 2. The molecule has 1 heterocycles. The van der Waals surface area contributed by atoms with Crippen molar-refractivity contribution in [2.45, 2.75) is 11.8 Å². The maximum atomic E-state index is 12.9. The van der Waals surface area contributed by atoms with E-state index in [-0.39, 0.29) is 10.6 Å². The number of rotatable bonds is 3. The molecular formula is C10H9BrFN3O2S. The molecule has 2 aromatic rings. The number of nitrogens with one attached hydrogen (secondary N) is 2. The van der Waals surface area contributed by atoms with E-state index < -0.39 is 15.8 Å². The normalized spacial score (nSPS) is 11.5. The minimum atomic E-state index is -3.73. The van der Waals surface area contributed by atoms with E-state index >= 15 is 0 Å². The Kier molecular flexibility index (Phi) is 3.40. The van der Waals surface area contributed by atoms with E-state index in [1.165, 1.54) is 24.4 Å². The molecule has 2 N–H and O–H groups in total. The number of H-pyrrole nitrogens is 1.